The number of hydrogen-bond acceptors (Lipinski definition) is 7. The van der Waals surface area contributed by atoms with E-state index >= 15 is 0 Å². The Morgan fingerprint density at radius 3 is 2.82 bits per heavy atom. The lowest BCUT2D eigenvalue weighted by Crippen LogP contribution is -2.24. The molecule has 3 atom stereocenters. The van der Waals surface area contributed by atoms with E-state index in [-0.39, 0.29) is 13.0 Å². The Morgan fingerprint density at radius 2 is 2.35 bits per heavy atom. The molecule has 0 aromatic carbocycles. The maximum absolute atomic E-state index is 11.0. The van der Waals surface area contributed by atoms with Gasteiger partial charge < -0.3 is 14.9 Å². The van der Waals surface area contributed by atoms with Crippen molar-refractivity contribution in [1.82, 2.24) is 14.8 Å². The first kappa shape index (κ1) is 12.4. The van der Waals surface area contributed by atoms with Crippen LogP contribution in [-0.2, 0) is 14.8 Å². The van der Waals surface area contributed by atoms with Gasteiger partial charge in [0.05, 0.1) is 12.7 Å². The quantitative estimate of drug-likeness (QED) is 0.551. The predicted molar refractivity (Wildman–Crippen MR) is 53.0 cm³/mol. The van der Waals surface area contributed by atoms with Gasteiger partial charge in [-0.25, -0.2) is 23.2 Å². The molecule has 0 spiro atoms. The van der Waals surface area contributed by atoms with Gasteiger partial charge in [0.15, 0.2) is 6.23 Å². The molecular formula is C7H12N4O5S. The first-order chi connectivity index (χ1) is 7.91. The van der Waals surface area contributed by atoms with Crippen molar-refractivity contribution in [3.8, 4) is 0 Å². The normalized spacial score (nSPS) is 29.7. The summed E-state index contributed by atoms with van der Waals surface area (Å²) in [5, 5.41) is 26.4. The maximum atomic E-state index is 11.0. The van der Waals surface area contributed by atoms with Crippen LogP contribution in [0.15, 0.2) is 11.5 Å². The fraction of sp³-hybridized carbons (Fsp3) is 0.714. The molecule has 0 unspecified atom stereocenters. The van der Waals surface area contributed by atoms with Crippen molar-refractivity contribution in [3.05, 3.63) is 6.33 Å². The van der Waals surface area contributed by atoms with E-state index in [1.165, 1.54) is 0 Å². The Morgan fingerprint density at radius 1 is 1.65 bits per heavy atom. The fourth-order valence-electron chi connectivity index (χ4n) is 1.57. The predicted octanol–water partition coefficient (Wildman–Crippen LogP) is -2.43. The van der Waals surface area contributed by atoms with E-state index < -0.39 is 33.6 Å². The van der Waals surface area contributed by atoms with Crippen molar-refractivity contribution in [1.29, 1.82) is 0 Å². The molecule has 1 aliphatic heterocycles. The Balaban J connectivity index is 2.17. The van der Waals surface area contributed by atoms with Crippen LogP contribution in [0, 0.1) is 0 Å². The molecule has 4 N–H and O–H groups in total. The van der Waals surface area contributed by atoms with Crippen LogP contribution in [0.25, 0.3) is 0 Å². The zero-order chi connectivity index (χ0) is 12.6. The molecule has 17 heavy (non-hydrogen) atoms. The summed E-state index contributed by atoms with van der Waals surface area (Å²) in [5.41, 5.74) is 0. The van der Waals surface area contributed by atoms with Gasteiger partial charge in [-0.05, 0) is 0 Å². The van der Waals surface area contributed by atoms with Crippen molar-refractivity contribution in [2.24, 2.45) is 5.14 Å². The van der Waals surface area contributed by atoms with Crippen LogP contribution in [0.3, 0.4) is 0 Å². The molecule has 1 aliphatic rings. The molecule has 1 fully saturated rings. The molecular weight excluding hydrogens is 252 g/mol. The number of aliphatic hydroxyl groups is 2. The van der Waals surface area contributed by atoms with Crippen molar-refractivity contribution in [2.45, 2.75) is 30.0 Å². The van der Waals surface area contributed by atoms with Gasteiger partial charge in [-0.15, -0.1) is 5.10 Å². The smallest absolute Gasteiger partial charge is 0.282 e. The summed E-state index contributed by atoms with van der Waals surface area (Å²) in [4.78, 5) is 3.52. The number of hydrogen-bond donors (Lipinski definition) is 3. The van der Waals surface area contributed by atoms with E-state index in [0.29, 0.717) is 0 Å². The highest BCUT2D eigenvalue weighted by atomic mass is 32.2. The van der Waals surface area contributed by atoms with Crippen molar-refractivity contribution >= 4 is 10.0 Å². The number of primary sulfonamides is 1. The summed E-state index contributed by atoms with van der Waals surface area (Å²) < 4.78 is 28.3. The molecule has 0 amide bonds. The lowest BCUT2D eigenvalue weighted by Gasteiger charge is -2.11. The minimum Gasteiger partial charge on any atom is -0.394 e. The second kappa shape index (κ2) is 4.31. The van der Waals surface area contributed by atoms with Crippen LogP contribution in [0.1, 0.15) is 12.6 Å². The highest BCUT2D eigenvalue weighted by Gasteiger charge is 2.35. The topological polar surface area (TPSA) is 141 Å². The van der Waals surface area contributed by atoms with Crippen LogP contribution < -0.4 is 5.14 Å². The van der Waals surface area contributed by atoms with E-state index in [1.807, 2.05) is 0 Å². The van der Waals surface area contributed by atoms with Gasteiger partial charge in [0, 0.05) is 6.42 Å². The maximum Gasteiger partial charge on any atom is 0.282 e. The second-order valence-electron chi connectivity index (χ2n) is 3.67. The minimum absolute atomic E-state index is 0.193. The van der Waals surface area contributed by atoms with Gasteiger partial charge in [0.1, 0.15) is 12.4 Å². The molecule has 0 saturated carbocycles. The molecule has 2 heterocycles. The van der Waals surface area contributed by atoms with Gasteiger partial charge in [0.25, 0.3) is 15.2 Å². The fourth-order valence-corrected chi connectivity index (χ4v) is 1.97. The first-order valence-corrected chi connectivity index (χ1v) is 6.35. The highest BCUT2D eigenvalue weighted by Crippen LogP contribution is 2.27. The zero-order valence-electron chi connectivity index (χ0n) is 8.67. The number of aliphatic hydroxyl groups excluding tert-OH is 2. The van der Waals surface area contributed by atoms with Crippen LogP contribution in [0.4, 0.5) is 0 Å². The lowest BCUT2D eigenvalue weighted by atomic mass is 10.2. The van der Waals surface area contributed by atoms with Crippen LogP contribution >= 0.6 is 0 Å². The second-order valence-corrected chi connectivity index (χ2v) is 5.12. The SMILES string of the molecule is NS(=O)(=O)c1ncn([C@H]2C[C@H](O)[C@@H](CO)O2)n1. The van der Waals surface area contributed by atoms with Gasteiger partial charge >= 0.3 is 0 Å². The Kier molecular flexibility index (Phi) is 3.14. The largest absolute Gasteiger partial charge is 0.394 e. The molecule has 1 aromatic rings. The summed E-state index contributed by atoms with van der Waals surface area (Å²) in [6, 6.07) is 0. The summed E-state index contributed by atoms with van der Waals surface area (Å²) in [6.45, 7) is -0.325. The monoisotopic (exact) mass is 264 g/mol. The molecule has 2 rings (SSSR count). The summed E-state index contributed by atoms with van der Waals surface area (Å²) in [5.74, 6) is 0. The third-order valence-electron chi connectivity index (χ3n) is 2.42. The van der Waals surface area contributed by atoms with E-state index in [9.17, 15) is 13.5 Å². The van der Waals surface area contributed by atoms with Gasteiger partial charge in [-0.1, -0.05) is 0 Å². The highest BCUT2D eigenvalue weighted by molar-refractivity contribution is 7.89. The lowest BCUT2D eigenvalue weighted by molar-refractivity contribution is -0.0488. The molecule has 10 heteroatoms. The molecule has 1 aromatic heterocycles. The molecule has 0 radical (unpaired) electrons. The summed E-state index contributed by atoms with van der Waals surface area (Å²) in [7, 11) is -3.95. The van der Waals surface area contributed by atoms with E-state index in [0.717, 1.165) is 11.0 Å². The van der Waals surface area contributed by atoms with Gasteiger partial charge in [0.2, 0.25) is 0 Å². The third kappa shape index (κ3) is 2.45. The number of nitrogens with two attached hydrogens (primary N) is 1. The number of ether oxygens (including phenoxy) is 1. The Labute approximate surface area is 96.9 Å². The molecule has 9 nitrogen and oxygen atoms in total. The van der Waals surface area contributed by atoms with E-state index in [2.05, 4.69) is 10.1 Å². The van der Waals surface area contributed by atoms with Crippen LogP contribution in [0.2, 0.25) is 0 Å². The molecule has 96 valence electrons. The number of aromatic nitrogens is 3. The average Bonchev–Trinajstić information content (AvgIpc) is 2.82. The standard InChI is InChI=1S/C7H12N4O5S/c8-17(14,15)7-9-3-11(10-7)6-1-4(13)5(2-12)16-6/h3-6,12-13H,1-2H2,(H2,8,14,15)/t4-,5+,6+/m0/s1. The van der Waals surface area contributed by atoms with Crippen LogP contribution in [-0.4, -0.2) is 52.2 Å². The van der Waals surface area contributed by atoms with Crippen LogP contribution in [0.5, 0.6) is 0 Å². The number of nitrogens with zero attached hydrogens (tertiary/aromatic N) is 3. The number of sulfonamides is 1. The molecule has 0 bridgehead atoms. The van der Waals surface area contributed by atoms with Crippen molar-refractivity contribution in [3.63, 3.8) is 0 Å². The molecule has 0 aliphatic carbocycles. The van der Waals surface area contributed by atoms with Crippen molar-refractivity contribution in [2.75, 3.05) is 6.61 Å². The van der Waals surface area contributed by atoms with Crippen molar-refractivity contribution < 1.29 is 23.4 Å². The third-order valence-corrected chi connectivity index (χ3v) is 3.12. The van der Waals surface area contributed by atoms with E-state index in [4.69, 9.17) is 15.0 Å². The zero-order valence-corrected chi connectivity index (χ0v) is 9.49. The summed E-state index contributed by atoms with van der Waals surface area (Å²) >= 11 is 0. The number of rotatable bonds is 3. The summed E-state index contributed by atoms with van der Waals surface area (Å²) in [6.07, 6.45) is -0.852. The minimum atomic E-state index is -3.95. The average molecular weight is 264 g/mol. The molecule has 1 saturated heterocycles. The van der Waals surface area contributed by atoms with Gasteiger partial charge in [-0.2, -0.15) is 0 Å². The van der Waals surface area contributed by atoms with E-state index in [1.54, 1.807) is 0 Å². The Bertz CT molecular complexity index is 500. The first-order valence-electron chi connectivity index (χ1n) is 4.80. The Hall–Kier alpha value is -1.07. The van der Waals surface area contributed by atoms with Gasteiger partial charge in [-0.3, -0.25) is 0 Å².